The van der Waals surface area contributed by atoms with E-state index in [9.17, 15) is 9.59 Å². The largest absolute Gasteiger partial charge is 0.378 e. The SMILES string of the molecule is CC(=O)C(=CC=C(c1ccc(N(C)C)cc1)c1ccc(N(C)C)cc1)C(C)=O. The molecule has 0 aliphatic heterocycles. The van der Waals surface area contributed by atoms with E-state index in [1.54, 1.807) is 6.08 Å². The maximum absolute atomic E-state index is 11.8. The number of allylic oxidation sites excluding steroid dienone is 3. The van der Waals surface area contributed by atoms with Crippen LogP contribution in [0.4, 0.5) is 11.4 Å². The highest BCUT2D eigenvalue weighted by atomic mass is 16.1. The van der Waals surface area contributed by atoms with E-state index in [1.165, 1.54) is 13.8 Å². The second kappa shape index (κ2) is 9.18. The lowest BCUT2D eigenvalue weighted by molar-refractivity contribution is -0.119. The van der Waals surface area contributed by atoms with Crippen LogP contribution in [0.2, 0.25) is 0 Å². The van der Waals surface area contributed by atoms with Crippen LogP contribution in [-0.4, -0.2) is 39.8 Å². The number of anilines is 2. The molecule has 0 saturated carbocycles. The predicted molar refractivity (Wildman–Crippen MR) is 118 cm³/mol. The fourth-order valence-electron chi connectivity index (χ4n) is 2.89. The standard InChI is InChI=1S/C24H28N2O2/c1-17(27)23(18(2)28)15-16-24(19-7-11-21(12-8-19)25(3)4)20-9-13-22(14-10-20)26(5)6/h7-16H,1-6H3. The molecule has 2 rings (SSSR count). The molecule has 2 aromatic rings. The van der Waals surface area contributed by atoms with Gasteiger partial charge in [0.15, 0.2) is 11.6 Å². The monoisotopic (exact) mass is 376 g/mol. The van der Waals surface area contributed by atoms with Crippen molar-refractivity contribution >= 4 is 28.5 Å². The molecule has 4 nitrogen and oxygen atoms in total. The first kappa shape index (κ1) is 21.2. The summed E-state index contributed by atoms with van der Waals surface area (Å²) in [7, 11) is 8.00. The van der Waals surface area contributed by atoms with E-state index in [1.807, 2.05) is 44.1 Å². The van der Waals surface area contributed by atoms with E-state index in [0.29, 0.717) is 0 Å². The molecule has 2 aromatic carbocycles. The molecule has 0 radical (unpaired) electrons. The van der Waals surface area contributed by atoms with Gasteiger partial charge in [0.1, 0.15) is 0 Å². The van der Waals surface area contributed by atoms with Crippen LogP contribution in [0.5, 0.6) is 0 Å². The molecule has 28 heavy (non-hydrogen) atoms. The van der Waals surface area contributed by atoms with Crippen LogP contribution in [0.3, 0.4) is 0 Å². The Kier molecular flexibility index (Phi) is 6.94. The zero-order valence-electron chi connectivity index (χ0n) is 17.5. The summed E-state index contributed by atoms with van der Waals surface area (Å²) in [6.07, 6.45) is 3.48. The van der Waals surface area contributed by atoms with Gasteiger partial charge in [0.25, 0.3) is 0 Å². The highest BCUT2D eigenvalue weighted by Crippen LogP contribution is 2.27. The molecule has 0 saturated heterocycles. The molecule has 0 bridgehead atoms. The topological polar surface area (TPSA) is 40.6 Å². The Hall–Kier alpha value is -3.14. The number of rotatable bonds is 7. The minimum absolute atomic E-state index is 0.201. The van der Waals surface area contributed by atoms with Crippen LogP contribution in [0.15, 0.2) is 66.3 Å². The summed E-state index contributed by atoms with van der Waals surface area (Å²) < 4.78 is 0. The number of hydrogen-bond donors (Lipinski definition) is 0. The van der Waals surface area contributed by atoms with Gasteiger partial charge < -0.3 is 9.80 Å². The lowest BCUT2D eigenvalue weighted by Gasteiger charge is -2.16. The van der Waals surface area contributed by atoms with Gasteiger partial charge in [0, 0.05) is 39.6 Å². The fourth-order valence-corrected chi connectivity index (χ4v) is 2.89. The third-order valence-corrected chi connectivity index (χ3v) is 4.56. The van der Waals surface area contributed by atoms with E-state index in [0.717, 1.165) is 28.1 Å². The Balaban J connectivity index is 2.57. The van der Waals surface area contributed by atoms with Gasteiger partial charge in [-0.15, -0.1) is 0 Å². The molecule has 0 aliphatic rings. The smallest absolute Gasteiger partial charge is 0.163 e. The summed E-state index contributed by atoms with van der Waals surface area (Å²) >= 11 is 0. The molecule has 0 fully saturated rings. The average Bonchev–Trinajstić information content (AvgIpc) is 2.65. The van der Waals surface area contributed by atoms with Gasteiger partial charge >= 0.3 is 0 Å². The lowest BCUT2D eigenvalue weighted by Crippen LogP contribution is -2.08. The molecule has 0 amide bonds. The Morgan fingerprint density at radius 1 is 0.643 bits per heavy atom. The zero-order chi connectivity index (χ0) is 20.8. The number of Topliss-reactive ketones (excluding diaryl/α,β-unsaturated/α-hetero) is 2. The van der Waals surface area contributed by atoms with Crippen molar-refractivity contribution in [1.29, 1.82) is 0 Å². The molecule has 0 aliphatic carbocycles. The Morgan fingerprint density at radius 3 is 1.29 bits per heavy atom. The molecule has 0 heterocycles. The van der Waals surface area contributed by atoms with Gasteiger partial charge in [-0.05, 0) is 60.9 Å². The first-order valence-electron chi connectivity index (χ1n) is 9.20. The third-order valence-electron chi connectivity index (χ3n) is 4.56. The van der Waals surface area contributed by atoms with E-state index in [2.05, 4.69) is 48.5 Å². The Labute approximate surface area is 167 Å². The van der Waals surface area contributed by atoms with Gasteiger partial charge in [-0.2, -0.15) is 0 Å². The number of benzene rings is 2. The number of hydrogen-bond acceptors (Lipinski definition) is 4. The Bertz CT molecular complexity index is 833. The van der Waals surface area contributed by atoms with Crippen molar-refractivity contribution in [1.82, 2.24) is 0 Å². The van der Waals surface area contributed by atoms with E-state index >= 15 is 0 Å². The Morgan fingerprint density at radius 2 is 1.00 bits per heavy atom. The maximum Gasteiger partial charge on any atom is 0.163 e. The maximum atomic E-state index is 11.8. The number of carbonyl (C=O) groups is 2. The summed E-state index contributed by atoms with van der Waals surface area (Å²) in [6.45, 7) is 2.83. The van der Waals surface area contributed by atoms with E-state index in [-0.39, 0.29) is 17.1 Å². The van der Waals surface area contributed by atoms with Crippen molar-refractivity contribution in [2.24, 2.45) is 0 Å². The first-order chi connectivity index (χ1) is 13.2. The van der Waals surface area contributed by atoms with Crippen LogP contribution in [0.25, 0.3) is 5.57 Å². The van der Waals surface area contributed by atoms with Crippen molar-refractivity contribution in [3.8, 4) is 0 Å². The average molecular weight is 377 g/mol. The second-order valence-electron chi connectivity index (χ2n) is 7.16. The normalized spacial score (nSPS) is 10.1. The van der Waals surface area contributed by atoms with Crippen molar-refractivity contribution < 1.29 is 9.59 Å². The molecule has 0 unspecified atom stereocenters. The van der Waals surface area contributed by atoms with Crippen LogP contribution >= 0.6 is 0 Å². The fraction of sp³-hybridized carbons (Fsp3) is 0.250. The predicted octanol–water partition coefficient (Wildman–Crippen LogP) is 4.35. The van der Waals surface area contributed by atoms with Crippen molar-refractivity contribution in [2.75, 3.05) is 38.0 Å². The summed E-state index contributed by atoms with van der Waals surface area (Å²) in [5.41, 5.74) is 5.41. The molecule has 4 heteroatoms. The van der Waals surface area contributed by atoms with E-state index in [4.69, 9.17) is 0 Å². The second-order valence-corrected chi connectivity index (χ2v) is 7.16. The summed E-state index contributed by atoms with van der Waals surface area (Å²) in [5.74, 6) is -0.456. The van der Waals surface area contributed by atoms with Crippen LogP contribution in [0.1, 0.15) is 25.0 Å². The molecular weight excluding hydrogens is 348 g/mol. The number of ketones is 2. The van der Waals surface area contributed by atoms with Crippen LogP contribution in [0, 0.1) is 0 Å². The van der Waals surface area contributed by atoms with Gasteiger partial charge in [-0.25, -0.2) is 0 Å². The number of nitrogens with zero attached hydrogens (tertiary/aromatic N) is 2. The van der Waals surface area contributed by atoms with Gasteiger partial charge in [0.05, 0.1) is 5.57 Å². The van der Waals surface area contributed by atoms with Crippen molar-refractivity contribution in [3.63, 3.8) is 0 Å². The zero-order valence-corrected chi connectivity index (χ0v) is 17.5. The summed E-state index contributed by atoms with van der Waals surface area (Å²) in [5, 5.41) is 0. The molecule has 0 aromatic heterocycles. The lowest BCUT2D eigenvalue weighted by atomic mass is 9.95. The quantitative estimate of drug-likeness (QED) is 0.312. The molecule has 0 atom stereocenters. The summed E-state index contributed by atoms with van der Waals surface area (Å²) in [6, 6.07) is 16.4. The van der Waals surface area contributed by atoms with Crippen LogP contribution in [-0.2, 0) is 9.59 Å². The minimum Gasteiger partial charge on any atom is -0.378 e. The van der Waals surface area contributed by atoms with Gasteiger partial charge in [-0.3, -0.25) is 9.59 Å². The van der Waals surface area contributed by atoms with Gasteiger partial charge in [0.2, 0.25) is 0 Å². The highest BCUT2D eigenvalue weighted by molar-refractivity contribution is 6.18. The summed E-state index contributed by atoms with van der Waals surface area (Å²) in [4.78, 5) is 27.6. The molecule has 146 valence electrons. The van der Waals surface area contributed by atoms with Crippen molar-refractivity contribution in [2.45, 2.75) is 13.8 Å². The van der Waals surface area contributed by atoms with Gasteiger partial charge in [-0.1, -0.05) is 30.3 Å². The minimum atomic E-state index is -0.228. The molecule has 0 N–H and O–H groups in total. The molecule has 0 spiro atoms. The highest BCUT2D eigenvalue weighted by Gasteiger charge is 2.10. The van der Waals surface area contributed by atoms with Crippen molar-refractivity contribution in [3.05, 3.63) is 77.4 Å². The van der Waals surface area contributed by atoms with Crippen LogP contribution < -0.4 is 9.80 Å². The third kappa shape index (κ3) is 5.19. The van der Waals surface area contributed by atoms with E-state index < -0.39 is 0 Å². The number of carbonyl (C=O) groups excluding carboxylic acids is 2. The molecular formula is C24H28N2O2. The first-order valence-corrected chi connectivity index (χ1v) is 9.20.